The number of hydrogen-bond donors (Lipinski definition) is 0. The summed E-state index contributed by atoms with van der Waals surface area (Å²) in [5.74, 6) is -7.71. The summed E-state index contributed by atoms with van der Waals surface area (Å²) in [5.41, 5.74) is 45.7. The van der Waals surface area contributed by atoms with Crippen LogP contribution in [-0.2, 0) is 5.41 Å². The van der Waals surface area contributed by atoms with E-state index in [4.69, 9.17) is 17.8 Å². The van der Waals surface area contributed by atoms with Crippen molar-refractivity contribution in [1.82, 2.24) is 0 Å². The standard InChI is InChI=1S/C29H44.C22H30.C20H26.C19H24.C18H22.C16H18.CH4/c1-17(2)24-13-22(14-25(18(3)4)21(24)9)28-26(19(5)6)15-23(29(10,11)12)16-27(28)20(7)8;1-13(2)20-11-19(12-21(14(3)4)18(20)8)22-16(6)9-15(5)10-17(22)7;1-13(2)19-11-18(12-20(14(3)4)16(19)6)17-9-7-15(5)8-10-17;1-13(2)18-11-17(16-9-7-6-8-10-16)12-19(14(3)4)15(18)5;1-11-7-14(4)18(15(5)8-11)17-9-12(2)16(6)13(3)10-17;1-11-5-8-16(14(4)9-11)15-7-6-12(2)13(3)10-15;/h13-20H,1-12H3;9-14H,1-8H3;7-14H,1-6H3;6-14H,1-5H3;7-10H,1-6H3;5-10H,1-4H3;1H4/i17D,18D,19D,20D;13D,14D;5D3,13D,14D;13D,14D;;;. The first-order valence-corrected chi connectivity index (χ1v) is 44.9. The Labute approximate surface area is 785 Å². The predicted molar refractivity (Wildman–Crippen MR) is 563 cm³/mol. The zero-order chi connectivity index (χ0) is 105. The number of benzene rings is 12. The Bertz CT molecular complexity index is 6040. The molecule has 0 aliphatic heterocycles. The van der Waals surface area contributed by atoms with Gasteiger partial charge in [0.2, 0.25) is 0 Å². The van der Waals surface area contributed by atoms with Crippen molar-refractivity contribution in [1.29, 1.82) is 0 Å². The van der Waals surface area contributed by atoms with Crippen molar-refractivity contribution in [3.8, 4) is 66.8 Å². The average molecular weight is 1680 g/mol. The molecule has 0 radical (unpaired) electrons. The summed E-state index contributed by atoms with van der Waals surface area (Å²) in [5, 5.41) is 0. The second-order valence-corrected chi connectivity index (χ2v) is 38.8. The van der Waals surface area contributed by atoms with Crippen LogP contribution in [0, 0.1) is 125 Å². The maximum Gasteiger partial charge on any atom is 0.0347 e. The molecule has 0 aliphatic carbocycles. The van der Waals surface area contributed by atoms with Crippen LogP contribution in [0.25, 0.3) is 66.8 Å². The fourth-order valence-corrected chi connectivity index (χ4v) is 17.6. The highest BCUT2D eigenvalue weighted by Crippen LogP contribution is 2.45. The van der Waals surface area contributed by atoms with Crippen LogP contribution in [0.1, 0.15) is 405 Å². The normalized spacial score (nSPS) is 13.9. The lowest BCUT2D eigenvalue weighted by atomic mass is 9.76. The van der Waals surface area contributed by atoms with E-state index in [9.17, 15) is 0 Å². The fourth-order valence-electron chi connectivity index (χ4n) is 17.6. The lowest BCUT2D eigenvalue weighted by molar-refractivity contribution is 0.586. The molecule has 668 valence electrons. The van der Waals surface area contributed by atoms with Gasteiger partial charge in [0.1, 0.15) is 0 Å². The third-order valence-corrected chi connectivity index (χ3v) is 24.7. The van der Waals surface area contributed by atoms with E-state index in [-0.39, 0.29) is 12.8 Å². The average Bonchev–Trinajstić information content (AvgIpc) is 0.791. The highest BCUT2D eigenvalue weighted by atomic mass is 14.3. The van der Waals surface area contributed by atoms with Gasteiger partial charge in [0, 0.05) is 17.8 Å². The van der Waals surface area contributed by atoms with Gasteiger partial charge in [0.25, 0.3) is 0 Å². The highest BCUT2D eigenvalue weighted by Gasteiger charge is 2.26. The smallest absolute Gasteiger partial charge is 0.0347 e. The molecule has 0 heteroatoms. The number of aryl methyl sites for hydroxylation is 13. The van der Waals surface area contributed by atoms with Crippen LogP contribution >= 0.6 is 0 Å². The zero-order valence-electron chi connectivity index (χ0n) is 97.4. The van der Waals surface area contributed by atoms with E-state index in [0.29, 0.717) is 5.56 Å². The van der Waals surface area contributed by atoms with Gasteiger partial charge in [0.05, 0.1) is 0 Å². The van der Waals surface area contributed by atoms with Gasteiger partial charge in [-0.25, -0.2) is 0 Å². The molecule has 0 nitrogen and oxygen atoms in total. The minimum atomic E-state index is -2.12. The molecule has 0 saturated carbocycles. The van der Waals surface area contributed by atoms with Crippen molar-refractivity contribution in [2.24, 2.45) is 0 Å². The highest BCUT2D eigenvalue weighted by molar-refractivity contribution is 5.78. The maximum atomic E-state index is 9.03. The molecule has 12 rings (SSSR count). The van der Waals surface area contributed by atoms with Crippen LogP contribution < -0.4 is 0 Å². The van der Waals surface area contributed by atoms with Crippen LogP contribution in [0.3, 0.4) is 0 Å². The second-order valence-electron chi connectivity index (χ2n) is 38.8. The summed E-state index contributed by atoms with van der Waals surface area (Å²) in [6.07, 6.45) is 0. The lowest BCUT2D eigenvalue weighted by Crippen LogP contribution is -2.14. The summed E-state index contributed by atoms with van der Waals surface area (Å²) in [7, 11) is 0. The van der Waals surface area contributed by atoms with E-state index < -0.39 is 65.8 Å². The van der Waals surface area contributed by atoms with E-state index in [1.54, 1.807) is 24.3 Å². The van der Waals surface area contributed by atoms with E-state index in [2.05, 4.69) is 251 Å². The Morgan fingerprint density at radius 2 is 0.480 bits per heavy atom. The first-order chi connectivity index (χ1) is 62.1. The Hall–Kier alpha value is -9.36. The van der Waals surface area contributed by atoms with Gasteiger partial charge in [-0.2, -0.15) is 0 Å². The van der Waals surface area contributed by atoms with Crippen molar-refractivity contribution in [3.63, 3.8) is 0 Å². The molecule has 0 N–H and O–H groups in total. The molecule has 0 aliphatic rings. The molecular formula is C125H168. The van der Waals surface area contributed by atoms with Crippen molar-refractivity contribution in [2.75, 3.05) is 0 Å². The van der Waals surface area contributed by atoms with E-state index in [0.717, 1.165) is 122 Å². The predicted octanol–water partition coefficient (Wildman–Crippen LogP) is 38.8. The minimum absolute atomic E-state index is 0. The van der Waals surface area contributed by atoms with Gasteiger partial charge in [-0.15, -0.1) is 0 Å². The van der Waals surface area contributed by atoms with Crippen molar-refractivity contribution in [3.05, 3.63) is 349 Å². The molecule has 0 bridgehead atoms. The quantitative estimate of drug-likeness (QED) is 0.0904. The Balaban J connectivity index is 0.000000257. The molecule has 0 unspecified atom stereocenters. The molecule has 0 spiro atoms. The van der Waals surface area contributed by atoms with Gasteiger partial charge in [-0.3, -0.25) is 0 Å². The summed E-state index contributed by atoms with van der Waals surface area (Å²) in [6, 6.07) is 64.8. The number of rotatable bonds is 16. The topological polar surface area (TPSA) is 0 Å². The van der Waals surface area contributed by atoms with E-state index >= 15 is 0 Å². The van der Waals surface area contributed by atoms with Crippen molar-refractivity contribution < 1.29 is 17.8 Å². The third kappa shape index (κ3) is 26.9. The molecule has 0 saturated heterocycles. The first kappa shape index (κ1) is 85.1. The van der Waals surface area contributed by atoms with Crippen LogP contribution in [0.5, 0.6) is 0 Å². The molecular weight excluding hydrogens is 1500 g/mol. The second kappa shape index (κ2) is 45.4. The molecule has 0 atom stereocenters. The summed E-state index contributed by atoms with van der Waals surface area (Å²) < 4.78 is 109. The zero-order valence-corrected chi connectivity index (χ0v) is 84.4. The molecule has 0 amide bonds. The van der Waals surface area contributed by atoms with Gasteiger partial charge in [-0.1, -0.05) is 377 Å². The lowest BCUT2D eigenvalue weighted by Gasteiger charge is -2.28. The summed E-state index contributed by atoms with van der Waals surface area (Å²) in [6.45, 7) is 78.5. The minimum Gasteiger partial charge on any atom is -0.0776 e. The van der Waals surface area contributed by atoms with Gasteiger partial charge in [0.15, 0.2) is 0 Å². The first-order valence-electron chi connectivity index (χ1n) is 51.4. The van der Waals surface area contributed by atoms with Gasteiger partial charge < -0.3 is 0 Å². The Morgan fingerprint density at radius 1 is 0.208 bits per heavy atom. The largest absolute Gasteiger partial charge is 0.0776 e. The molecule has 0 aromatic heterocycles. The van der Waals surface area contributed by atoms with Crippen LogP contribution in [0.15, 0.2) is 188 Å². The van der Waals surface area contributed by atoms with Crippen molar-refractivity contribution >= 4 is 0 Å². The SMILES string of the molecule is C.Cc1cc(C)c(-c2cc(C)c(C)c(C)c2)c(C)c1.Cc1ccc(-c2ccc(C)c(C)c2)c(C)c1.[2H]C(C)(C)c1cc(-c2c(C([2H])(C)C)cc(C(C)(C)C)cc2C([2H])(C)C)cc(C([2H])(C)C)c1C.[2H]C(C)(C)c1cc(-c2c(C)cc(C)cc2C)cc(C([2H])(C)C)c1C.[2H]C(C)(C)c1cc(-c2ccccc2)cc(C([2H])(C)C)c1C.[2H]C([2H])([2H])c1ccc(-c2cc(C([2H])(C)C)c(C)c(C([2H])(C)C)c2)cc1. The molecule has 125 heavy (non-hydrogen) atoms. The molecule has 12 aromatic rings. The monoisotopic (exact) mass is 1680 g/mol. The van der Waals surface area contributed by atoms with Gasteiger partial charge in [-0.05, 0) is 395 Å². The van der Waals surface area contributed by atoms with Crippen LogP contribution in [0.2, 0.25) is 0 Å². The van der Waals surface area contributed by atoms with Gasteiger partial charge >= 0.3 is 0 Å². The van der Waals surface area contributed by atoms with Crippen LogP contribution in [0.4, 0.5) is 0 Å². The van der Waals surface area contributed by atoms with Crippen molar-refractivity contribution in [2.45, 2.75) is 356 Å². The third-order valence-electron chi connectivity index (χ3n) is 24.7. The summed E-state index contributed by atoms with van der Waals surface area (Å²) >= 11 is 0. The van der Waals surface area contributed by atoms with E-state index in [1.807, 2.05) is 190 Å². The molecule has 12 aromatic carbocycles. The van der Waals surface area contributed by atoms with E-state index in [1.165, 1.54) is 100 Å². The molecule has 0 heterocycles. The Kier molecular flexibility index (Phi) is 30.9. The van der Waals surface area contributed by atoms with Crippen LogP contribution in [-0.4, -0.2) is 0 Å². The maximum absolute atomic E-state index is 9.03. The number of hydrogen-bond acceptors (Lipinski definition) is 0. The molecule has 0 fully saturated rings. The fraction of sp³-hybridized carbons (Fsp3) is 0.424. The summed E-state index contributed by atoms with van der Waals surface area (Å²) in [4.78, 5) is 0. The Morgan fingerprint density at radius 3 is 0.776 bits per heavy atom.